The first-order valence-electron chi connectivity index (χ1n) is 7.07. The van der Waals surface area contributed by atoms with Gasteiger partial charge >= 0.3 is 0 Å². The Labute approximate surface area is 118 Å². The van der Waals surface area contributed by atoms with Gasteiger partial charge in [0, 0.05) is 30.7 Å². The van der Waals surface area contributed by atoms with Crippen LogP contribution in [0, 0.1) is 6.92 Å². The number of piperidine rings is 1. The summed E-state index contributed by atoms with van der Waals surface area (Å²) in [5.74, 6) is 0. The summed E-state index contributed by atoms with van der Waals surface area (Å²) in [6, 6.07) is 0.694. The SMILES string of the molecule is Cc1nc2sccn2c1CNCC1CCCCN1C. The van der Waals surface area contributed by atoms with Crippen molar-refractivity contribution in [1.29, 1.82) is 0 Å². The molecule has 5 heteroatoms. The van der Waals surface area contributed by atoms with Crippen LogP contribution in [-0.4, -0.2) is 40.5 Å². The van der Waals surface area contributed by atoms with Crippen molar-refractivity contribution in [3.63, 3.8) is 0 Å². The van der Waals surface area contributed by atoms with Gasteiger partial charge in [-0.15, -0.1) is 11.3 Å². The molecule has 4 nitrogen and oxygen atoms in total. The van der Waals surface area contributed by atoms with Gasteiger partial charge in [-0.3, -0.25) is 4.40 Å². The maximum atomic E-state index is 4.58. The molecule has 1 aliphatic heterocycles. The highest BCUT2D eigenvalue weighted by Crippen LogP contribution is 2.17. The Morgan fingerprint density at radius 3 is 3.21 bits per heavy atom. The van der Waals surface area contributed by atoms with Gasteiger partial charge in [0.05, 0.1) is 11.4 Å². The van der Waals surface area contributed by atoms with E-state index in [-0.39, 0.29) is 0 Å². The third kappa shape index (κ3) is 2.68. The standard InChI is InChI=1S/C14H22N4S/c1-11-13(18-7-8-19-14(18)16-11)10-15-9-12-5-3-4-6-17(12)2/h7-8,12,15H,3-6,9-10H2,1-2H3. The number of rotatable bonds is 4. The summed E-state index contributed by atoms with van der Waals surface area (Å²) in [5, 5.41) is 5.71. The number of imidazole rings is 1. The number of hydrogen-bond donors (Lipinski definition) is 1. The molecule has 3 rings (SSSR count). The van der Waals surface area contributed by atoms with Gasteiger partial charge in [0.2, 0.25) is 0 Å². The Bertz CT molecular complexity index is 545. The minimum atomic E-state index is 0.694. The van der Waals surface area contributed by atoms with Crippen molar-refractivity contribution in [2.24, 2.45) is 0 Å². The van der Waals surface area contributed by atoms with E-state index < -0.39 is 0 Å². The van der Waals surface area contributed by atoms with Gasteiger partial charge in [-0.2, -0.15) is 0 Å². The second-order valence-corrected chi connectivity index (χ2v) is 6.33. The van der Waals surface area contributed by atoms with E-state index in [1.807, 2.05) is 0 Å². The highest BCUT2D eigenvalue weighted by molar-refractivity contribution is 7.15. The second-order valence-electron chi connectivity index (χ2n) is 5.46. The summed E-state index contributed by atoms with van der Waals surface area (Å²) in [7, 11) is 2.24. The lowest BCUT2D eigenvalue weighted by Crippen LogP contribution is -2.43. The van der Waals surface area contributed by atoms with Crippen LogP contribution in [-0.2, 0) is 6.54 Å². The zero-order valence-corrected chi connectivity index (χ0v) is 12.5. The predicted octanol–water partition coefficient (Wildman–Crippen LogP) is 2.28. The van der Waals surface area contributed by atoms with Crippen LogP contribution in [0.4, 0.5) is 0 Å². The lowest BCUT2D eigenvalue weighted by atomic mass is 10.0. The number of likely N-dealkylation sites (tertiary alicyclic amines) is 1. The molecule has 1 saturated heterocycles. The number of nitrogens with one attached hydrogen (secondary N) is 1. The number of aryl methyl sites for hydroxylation is 1. The van der Waals surface area contributed by atoms with Gasteiger partial charge < -0.3 is 10.2 Å². The zero-order chi connectivity index (χ0) is 13.2. The van der Waals surface area contributed by atoms with Gasteiger partial charge in [0.1, 0.15) is 0 Å². The van der Waals surface area contributed by atoms with Crippen LogP contribution < -0.4 is 5.32 Å². The second kappa shape index (κ2) is 5.61. The zero-order valence-electron chi connectivity index (χ0n) is 11.7. The number of fused-ring (bicyclic) bond motifs is 1. The molecule has 0 bridgehead atoms. The van der Waals surface area contributed by atoms with E-state index in [1.54, 1.807) is 11.3 Å². The molecule has 0 radical (unpaired) electrons. The Hall–Kier alpha value is -0.910. The average Bonchev–Trinajstić information content (AvgIpc) is 2.94. The normalized spacial score (nSPS) is 21.3. The van der Waals surface area contributed by atoms with Crippen molar-refractivity contribution < 1.29 is 0 Å². The van der Waals surface area contributed by atoms with Crippen molar-refractivity contribution in [2.75, 3.05) is 20.1 Å². The Balaban J connectivity index is 1.60. The largest absolute Gasteiger partial charge is 0.310 e. The quantitative estimate of drug-likeness (QED) is 0.931. The van der Waals surface area contributed by atoms with Crippen LogP contribution in [0.25, 0.3) is 4.96 Å². The maximum Gasteiger partial charge on any atom is 0.194 e. The fraction of sp³-hybridized carbons (Fsp3) is 0.643. The summed E-state index contributed by atoms with van der Waals surface area (Å²) < 4.78 is 2.21. The van der Waals surface area contributed by atoms with Crippen LogP contribution in [0.15, 0.2) is 11.6 Å². The van der Waals surface area contributed by atoms with E-state index in [2.05, 4.69) is 45.1 Å². The smallest absolute Gasteiger partial charge is 0.194 e. The molecule has 1 aliphatic rings. The summed E-state index contributed by atoms with van der Waals surface area (Å²) >= 11 is 1.70. The summed E-state index contributed by atoms with van der Waals surface area (Å²) in [6.45, 7) is 5.33. The van der Waals surface area contributed by atoms with Gasteiger partial charge in [0.25, 0.3) is 0 Å². The highest BCUT2D eigenvalue weighted by atomic mass is 32.1. The molecule has 1 atom stereocenters. The Morgan fingerprint density at radius 2 is 2.37 bits per heavy atom. The van der Waals surface area contributed by atoms with Gasteiger partial charge in [0.15, 0.2) is 4.96 Å². The molecule has 2 aromatic heterocycles. The third-order valence-electron chi connectivity index (χ3n) is 4.16. The van der Waals surface area contributed by atoms with Gasteiger partial charge in [-0.1, -0.05) is 6.42 Å². The van der Waals surface area contributed by atoms with Crippen molar-refractivity contribution in [3.05, 3.63) is 23.0 Å². The summed E-state index contributed by atoms with van der Waals surface area (Å²) in [6.07, 6.45) is 6.16. The van der Waals surface area contributed by atoms with E-state index in [4.69, 9.17) is 0 Å². The number of likely N-dealkylation sites (N-methyl/N-ethyl adjacent to an activating group) is 1. The molecule has 1 fully saturated rings. The summed E-state index contributed by atoms with van der Waals surface area (Å²) in [5.41, 5.74) is 2.45. The summed E-state index contributed by atoms with van der Waals surface area (Å²) in [4.78, 5) is 8.17. The van der Waals surface area contributed by atoms with Crippen molar-refractivity contribution in [2.45, 2.75) is 38.8 Å². The molecular weight excluding hydrogens is 256 g/mol. The Kier molecular flexibility index (Phi) is 3.86. The first kappa shape index (κ1) is 13.1. The molecule has 0 saturated carbocycles. The topological polar surface area (TPSA) is 32.6 Å². The van der Waals surface area contributed by atoms with Crippen LogP contribution in [0.2, 0.25) is 0 Å². The first-order valence-corrected chi connectivity index (χ1v) is 7.95. The predicted molar refractivity (Wildman–Crippen MR) is 79.8 cm³/mol. The fourth-order valence-corrected chi connectivity index (χ4v) is 3.69. The molecule has 104 valence electrons. The van der Waals surface area contributed by atoms with Crippen LogP contribution in [0.5, 0.6) is 0 Å². The molecule has 1 unspecified atom stereocenters. The highest BCUT2D eigenvalue weighted by Gasteiger charge is 2.18. The maximum absolute atomic E-state index is 4.58. The van der Waals surface area contributed by atoms with E-state index in [1.165, 1.54) is 31.5 Å². The molecule has 1 N–H and O–H groups in total. The molecule has 3 heterocycles. The van der Waals surface area contributed by atoms with Crippen LogP contribution in [0.1, 0.15) is 30.7 Å². The van der Waals surface area contributed by atoms with Gasteiger partial charge in [-0.05, 0) is 33.4 Å². The number of aromatic nitrogens is 2. The molecule has 19 heavy (non-hydrogen) atoms. The molecule has 2 aromatic rings. The van der Waals surface area contributed by atoms with Crippen molar-refractivity contribution >= 4 is 16.3 Å². The van der Waals surface area contributed by atoms with E-state index in [0.29, 0.717) is 6.04 Å². The average molecular weight is 278 g/mol. The molecule has 0 aromatic carbocycles. The lowest BCUT2D eigenvalue weighted by molar-refractivity contribution is 0.181. The monoisotopic (exact) mass is 278 g/mol. The van der Waals surface area contributed by atoms with Crippen molar-refractivity contribution in [1.82, 2.24) is 19.6 Å². The minimum Gasteiger partial charge on any atom is -0.310 e. The Morgan fingerprint density at radius 1 is 1.47 bits per heavy atom. The molecule has 0 aliphatic carbocycles. The first-order chi connectivity index (χ1) is 9.25. The molecule has 0 amide bonds. The third-order valence-corrected chi connectivity index (χ3v) is 4.91. The number of nitrogens with zero attached hydrogens (tertiary/aromatic N) is 3. The van der Waals surface area contributed by atoms with Crippen LogP contribution >= 0.6 is 11.3 Å². The number of thiazole rings is 1. The van der Waals surface area contributed by atoms with Crippen LogP contribution in [0.3, 0.4) is 0 Å². The minimum absolute atomic E-state index is 0.694. The van der Waals surface area contributed by atoms with Crippen molar-refractivity contribution in [3.8, 4) is 0 Å². The van der Waals surface area contributed by atoms with E-state index >= 15 is 0 Å². The van der Waals surface area contributed by atoms with E-state index in [0.717, 1.165) is 23.7 Å². The van der Waals surface area contributed by atoms with E-state index in [9.17, 15) is 0 Å². The lowest BCUT2D eigenvalue weighted by Gasteiger charge is -2.32. The fourth-order valence-electron chi connectivity index (χ4n) is 2.91. The molecular formula is C14H22N4S. The number of hydrogen-bond acceptors (Lipinski definition) is 4. The molecule has 0 spiro atoms. The van der Waals surface area contributed by atoms with Gasteiger partial charge in [-0.25, -0.2) is 4.98 Å².